The Hall–Kier alpha value is -3.67. The van der Waals surface area contributed by atoms with E-state index < -0.39 is 0 Å². The first-order valence-corrected chi connectivity index (χ1v) is 8.64. The first-order chi connectivity index (χ1) is 13.3. The Morgan fingerprint density at radius 2 is 1.89 bits per heavy atom. The molecule has 6 nitrogen and oxygen atoms in total. The second-order valence-electron chi connectivity index (χ2n) is 6.42. The number of pyridine rings is 1. The van der Waals surface area contributed by atoms with E-state index in [2.05, 4.69) is 32.9 Å². The molecule has 0 radical (unpaired) electrons. The molecule has 0 N–H and O–H groups in total. The molecule has 2 aromatic carbocycles. The number of ether oxygens (including phenoxy) is 1. The molecular formula is C21H16N4O2. The van der Waals surface area contributed by atoms with Crippen molar-refractivity contribution in [2.75, 3.05) is 7.11 Å². The van der Waals surface area contributed by atoms with Crippen LogP contribution in [0.15, 0.2) is 66.9 Å². The third kappa shape index (κ3) is 2.38. The van der Waals surface area contributed by atoms with Crippen LogP contribution in [0.1, 0.15) is 15.9 Å². The number of benzene rings is 2. The molecule has 0 saturated carbocycles. The first kappa shape index (κ1) is 15.6. The largest absolute Gasteiger partial charge is 0.465 e. The van der Waals surface area contributed by atoms with Gasteiger partial charge in [-0.2, -0.15) is 0 Å². The maximum Gasteiger partial charge on any atom is 0.337 e. The Morgan fingerprint density at radius 3 is 2.70 bits per heavy atom. The number of fused-ring (bicyclic) bond motifs is 6. The molecule has 0 fully saturated rings. The van der Waals surface area contributed by atoms with Crippen molar-refractivity contribution < 1.29 is 9.53 Å². The van der Waals surface area contributed by atoms with E-state index in [0.717, 1.165) is 33.0 Å². The summed E-state index contributed by atoms with van der Waals surface area (Å²) < 4.78 is 8.87. The minimum Gasteiger partial charge on any atom is -0.465 e. The molecule has 3 aromatic heterocycles. The molecule has 0 atom stereocenters. The Labute approximate surface area is 154 Å². The lowest BCUT2D eigenvalue weighted by Gasteiger charge is -2.09. The summed E-state index contributed by atoms with van der Waals surface area (Å²) in [7, 11) is 1.38. The van der Waals surface area contributed by atoms with Gasteiger partial charge in [0.15, 0.2) is 0 Å². The van der Waals surface area contributed by atoms with Crippen molar-refractivity contribution in [3.8, 4) is 0 Å². The fourth-order valence-electron chi connectivity index (χ4n) is 3.58. The number of carbonyl (C=O) groups excluding carboxylic acids is 1. The lowest BCUT2D eigenvalue weighted by molar-refractivity contribution is 0.0601. The van der Waals surface area contributed by atoms with Gasteiger partial charge >= 0.3 is 5.97 Å². The molecule has 6 heteroatoms. The molecule has 0 spiro atoms. The summed E-state index contributed by atoms with van der Waals surface area (Å²) in [5, 5.41) is 9.72. The van der Waals surface area contributed by atoms with Crippen LogP contribution in [0.3, 0.4) is 0 Å². The molecule has 0 amide bonds. The second kappa shape index (κ2) is 5.95. The van der Waals surface area contributed by atoms with E-state index in [-0.39, 0.29) is 5.97 Å². The van der Waals surface area contributed by atoms with Gasteiger partial charge in [-0.05, 0) is 35.9 Å². The van der Waals surface area contributed by atoms with Crippen molar-refractivity contribution in [3.05, 3.63) is 78.0 Å². The number of rotatable bonds is 3. The highest BCUT2D eigenvalue weighted by molar-refractivity contribution is 6.10. The SMILES string of the molecule is COC(=O)c1ccc2c(c1)c1nnn(Cc3ccccc3)c1c1cccn21. The lowest BCUT2D eigenvalue weighted by atomic mass is 10.1. The third-order valence-electron chi connectivity index (χ3n) is 4.83. The molecule has 0 aliphatic carbocycles. The van der Waals surface area contributed by atoms with E-state index in [1.54, 1.807) is 6.07 Å². The molecule has 0 aliphatic heterocycles. The maximum atomic E-state index is 12.0. The van der Waals surface area contributed by atoms with Crippen molar-refractivity contribution in [3.63, 3.8) is 0 Å². The van der Waals surface area contributed by atoms with Gasteiger partial charge in [-0.15, -0.1) is 5.10 Å². The van der Waals surface area contributed by atoms with Crippen molar-refractivity contribution in [2.24, 2.45) is 0 Å². The fraction of sp³-hybridized carbons (Fsp3) is 0.0952. The highest BCUT2D eigenvalue weighted by atomic mass is 16.5. The summed E-state index contributed by atoms with van der Waals surface area (Å²) in [4.78, 5) is 12.0. The number of methoxy groups -OCH3 is 1. The van der Waals surface area contributed by atoms with E-state index in [1.165, 1.54) is 7.11 Å². The zero-order valence-electron chi connectivity index (χ0n) is 14.7. The van der Waals surface area contributed by atoms with Crippen LogP contribution >= 0.6 is 0 Å². The number of nitrogens with zero attached hydrogens (tertiary/aromatic N) is 4. The molecule has 3 heterocycles. The van der Waals surface area contributed by atoms with Crippen molar-refractivity contribution in [1.82, 2.24) is 19.4 Å². The van der Waals surface area contributed by atoms with Gasteiger partial charge in [-0.3, -0.25) is 0 Å². The smallest absolute Gasteiger partial charge is 0.337 e. The van der Waals surface area contributed by atoms with Crippen LogP contribution in [0.2, 0.25) is 0 Å². The van der Waals surface area contributed by atoms with Gasteiger partial charge in [-0.1, -0.05) is 35.5 Å². The van der Waals surface area contributed by atoms with Gasteiger partial charge in [0.2, 0.25) is 0 Å². The standard InChI is InChI=1S/C21H16N4O2/c1-27-21(26)15-9-10-17-16(12-15)19-20(18-8-5-11-24(17)18)25(23-22-19)13-14-6-3-2-4-7-14/h2-12H,13H2,1H3. The Morgan fingerprint density at radius 1 is 1.04 bits per heavy atom. The van der Waals surface area contributed by atoms with Gasteiger partial charge in [0.25, 0.3) is 0 Å². The molecule has 0 saturated heterocycles. The minimum atomic E-state index is -0.366. The van der Waals surface area contributed by atoms with Crippen molar-refractivity contribution in [1.29, 1.82) is 0 Å². The average Bonchev–Trinajstić information content (AvgIpc) is 3.35. The van der Waals surface area contributed by atoms with Gasteiger partial charge in [-0.25, -0.2) is 9.48 Å². The van der Waals surface area contributed by atoms with E-state index in [1.807, 2.05) is 47.3 Å². The number of aromatic nitrogens is 4. The summed E-state index contributed by atoms with van der Waals surface area (Å²) in [6.07, 6.45) is 2.01. The normalized spacial score (nSPS) is 11.4. The van der Waals surface area contributed by atoms with Gasteiger partial charge in [0.05, 0.1) is 30.3 Å². The highest BCUT2D eigenvalue weighted by Crippen LogP contribution is 2.29. The Balaban J connectivity index is 1.81. The summed E-state index contributed by atoms with van der Waals surface area (Å²) in [6, 6.07) is 19.7. The number of hydrogen-bond donors (Lipinski definition) is 0. The highest BCUT2D eigenvalue weighted by Gasteiger charge is 2.17. The second-order valence-corrected chi connectivity index (χ2v) is 6.42. The average molecular weight is 356 g/mol. The summed E-state index contributed by atoms with van der Waals surface area (Å²) in [6.45, 7) is 0.625. The van der Waals surface area contributed by atoms with Crippen LogP contribution in [0, 0.1) is 0 Å². The van der Waals surface area contributed by atoms with Crippen LogP contribution in [-0.2, 0) is 11.3 Å². The maximum absolute atomic E-state index is 12.0. The van der Waals surface area contributed by atoms with Crippen LogP contribution in [0.4, 0.5) is 0 Å². The minimum absolute atomic E-state index is 0.366. The molecule has 0 bridgehead atoms. The van der Waals surface area contributed by atoms with Gasteiger partial charge < -0.3 is 9.14 Å². The monoisotopic (exact) mass is 356 g/mol. The van der Waals surface area contributed by atoms with Crippen LogP contribution in [-0.4, -0.2) is 32.5 Å². The van der Waals surface area contributed by atoms with Crippen LogP contribution < -0.4 is 0 Å². The summed E-state index contributed by atoms with van der Waals surface area (Å²) in [5.74, 6) is -0.366. The van der Waals surface area contributed by atoms with Crippen LogP contribution in [0.5, 0.6) is 0 Å². The zero-order valence-corrected chi connectivity index (χ0v) is 14.7. The fourth-order valence-corrected chi connectivity index (χ4v) is 3.58. The molecular weight excluding hydrogens is 340 g/mol. The van der Waals surface area contributed by atoms with Gasteiger partial charge in [0, 0.05) is 11.6 Å². The molecule has 0 aliphatic rings. The van der Waals surface area contributed by atoms with E-state index in [0.29, 0.717) is 12.1 Å². The van der Waals surface area contributed by atoms with E-state index >= 15 is 0 Å². The number of esters is 1. The van der Waals surface area contributed by atoms with Crippen molar-refractivity contribution >= 4 is 33.4 Å². The summed E-state index contributed by atoms with van der Waals surface area (Å²) in [5.41, 5.74) is 5.37. The van der Waals surface area contributed by atoms with E-state index in [4.69, 9.17) is 4.74 Å². The van der Waals surface area contributed by atoms with Crippen molar-refractivity contribution in [2.45, 2.75) is 6.54 Å². The topological polar surface area (TPSA) is 61.4 Å². The zero-order chi connectivity index (χ0) is 18.4. The Kier molecular flexibility index (Phi) is 3.43. The predicted octanol–water partition coefficient (Wildman–Crippen LogP) is 3.67. The Bertz CT molecular complexity index is 1300. The van der Waals surface area contributed by atoms with Crippen LogP contribution in [0.25, 0.3) is 27.5 Å². The third-order valence-corrected chi connectivity index (χ3v) is 4.83. The molecule has 5 rings (SSSR count). The van der Waals surface area contributed by atoms with E-state index in [9.17, 15) is 4.79 Å². The molecule has 0 unspecified atom stereocenters. The predicted molar refractivity (Wildman–Crippen MR) is 103 cm³/mol. The number of carbonyl (C=O) groups is 1. The number of hydrogen-bond acceptors (Lipinski definition) is 4. The quantitative estimate of drug-likeness (QED) is 0.463. The lowest BCUT2D eigenvalue weighted by Crippen LogP contribution is -2.03. The summed E-state index contributed by atoms with van der Waals surface area (Å²) >= 11 is 0. The molecule has 132 valence electrons. The first-order valence-electron chi connectivity index (χ1n) is 8.64. The molecule has 5 aromatic rings. The van der Waals surface area contributed by atoms with Gasteiger partial charge in [0.1, 0.15) is 11.0 Å². The molecule has 27 heavy (non-hydrogen) atoms.